The molecule has 4 rings (SSSR count). The Morgan fingerprint density at radius 1 is 1.03 bits per heavy atom. The average molecular weight is 404 g/mol. The summed E-state index contributed by atoms with van der Waals surface area (Å²) in [6.07, 6.45) is 1.48. The molecule has 0 radical (unpaired) electrons. The van der Waals surface area contributed by atoms with Gasteiger partial charge in [-0.05, 0) is 30.3 Å². The first-order valence-corrected chi connectivity index (χ1v) is 9.68. The van der Waals surface area contributed by atoms with Crippen LogP contribution in [0.5, 0.6) is 5.75 Å². The number of allylic oxidation sites excluding steroid dienone is 1. The first kappa shape index (κ1) is 18.8. The molecular weight excluding hydrogens is 388 g/mol. The maximum absolute atomic E-state index is 12.6. The average Bonchev–Trinajstić information content (AvgIpc) is 3.28. The normalized spacial score (nSPS) is 12.7. The highest BCUT2D eigenvalue weighted by Gasteiger charge is 2.32. The van der Waals surface area contributed by atoms with Crippen molar-refractivity contribution in [2.24, 2.45) is 0 Å². The second-order valence-electron chi connectivity index (χ2n) is 6.37. The molecule has 6 nitrogen and oxygen atoms in total. The molecule has 1 aliphatic carbocycles. The number of fused-ring (bicyclic) bond motifs is 1. The van der Waals surface area contributed by atoms with Gasteiger partial charge in [-0.1, -0.05) is 24.3 Å². The molecule has 1 amide bonds. The van der Waals surface area contributed by atoms with E-state index in [0.29, 0.717) is 33.4 Å². The van der Waals surface area contributed by atoms with Gasteiger partial charge in [0.1, 0.15) is 5.75 Å². The molecule has 0 spiro atoms. The van der Waals surface area contributed by atoms with Gasteiger partial charge < -0.3 is 4.74 Å². The van der Waals surface area contributed by atoms with E-state index in [1.807, 2.05) is 0 Å². The van der Waals surface area contributed by atoms with E-state index in [1.54, 1.807) is 61.0 Å². The quantitative estimate of drug-likeness (QED) is 0.479. The van der Waals surface area contributed by atoms with Crippen LogP contribution in [0, 0.1) is 0 Å². The van der Waals surface area contributed by atoms with Crippen molar-refractivity contribution in [1.82, 2.24) is 4.98 Å². The van der Waals surface area contributed by atoms with Crippen LogP contribution in [0.25, 0.3) is 6.08 Å². The molecule has 0 saturated carbocycles. The van der Waals surface area contributed by atoms with Crippen molar-refractivity contribution in [3.8, 4) is 5.75 Å². The fourth-order valence-electron chi connectivity index (χ4n) is 3.15. The van der Waals surface area contributed by atoms with Crippen molar-refractivity contribution in [2.75, 3.05) is 12.0 Å². The second kappa shape index (κ2) is 7.44. The third kappa shape index (κ3) is 3.36. The lowest BCUT2D eigenvalue weighted by Crippen LogP contribution is -2.22. The molecule has 0 bridgehead atoms. The number of ketones is 2. The van der Waals surface area contributed by atoms with Gasteiger partial charge in [-0.2, -0.15) is 0 Å². The Hall–Kier alpha value is -3.58. The summed E-state index contributed by atoms with van der Waals surface area (Å²) >= 11 is 1.26. The van der Waals surface area contributed by atoms with Gasteiger partial charge >= 0.3 is 0 Å². The van der Waals surface area contributed by atoms with E-state index in [0.717, 1.165) is 0 Å². The molecule has 1 heterocycles. The molecule has 0 aliphatic heterocycles. The van der Waals surface area contributed by atoms with E-state index in [-0.39, 0.29) is 23.0 Å². The monoisotopic (exact) mass is 404 g/mol. The highest BCUT2D eigenvalue weighted by molar-refractivity contribution is 7.14. The molecule has 29 heavy (non-hydrogen) atoms. The number of rotatable bonds is 4. The molecule has 0 saturated heterocycles. The highest BCUT2D eigenvalue weighted by atomic mass is 32.1. The van der Waals surface area contributed by atoms with Gasteiger partial charge in [-0.25, -0.2) is 4.98 Å². The van der Waals surface area contributed by atoms with Gasteiger partial charge in [0.25, 0.3) is 0 Å². The standard InChI is InChI=1S/C22H16N2O4S/c1-13(25)24(15-7-9-16(28-2)10-8-15)22-23-14(12-29-22)11-19-20(26)17-5-3-4-6-18(17)21(19)27/h3-12H,1-2H3. The zero-order valence-electron chi connectivity index (χ0n) is 15.7. The number of methoxy groups -OCH3 is 1. The SMILES string of the molecule is COc1ccc(N(C(C)=O)c2nc(C=C3C(=O)c4ccccc4C3=O)cs2)cc1. The van der Waals surface area contributed by atoms with Crippen LogP contribution in [0.2, 0.25) is 0 Å². The maximum atomic E-state index is 12.6. The van der Waals surface area contributed by atoms with Crippen molar-refractivity contribution < 1.29 is 19.1 Å². The molecule has 7 heteroatoms. The van der Waals surface area contributed by atoms with E-state index in [1.165, 1.54) is 29.2 Å². The van der Waals surface area contributed by atoms with Crippen LogP contribution in [-0.2, 0) is 4.79 Å². The molecule has 0 fully saturated rings. The number of ether oxygens (including phenoxy) is 1. The molecule has 1 aromatic heterocycles. The van der Waals surface area contributed by atoms with Crippen LogP contribution in [0.1, 0.15) is 33.3 Å². The van der Waals surface area contributed by atoms with Crippen LogP contribution < -0.4 is 9.64 Å². The number of thiazole rings is 1. The highest BCUT2D eigenvalue weighted by Crippen LogP contribution is 2.32. The summed E-state index contributed by atoms with van der Waals surface area (Å²) in [6, 6.07) is 13.8. The van der Waals surface area contributed by atoms with Crippen molar-refractivity contribution >= 4 is 45.7 Å². The number of anilines is 2. The van der Waals surface area contributed by atoms with E-state index >= 15 is 0 Å². The summed E-state index contributed by atoms with van der Waals surface area (Å²) in [5.74, 6) is -0.138. The topological polar surface area (TPSA) is 76.6 Å². The summed E-state index contributed by atoms with van der Waals surface area (Å²) < 4.78 is 5.15. The number of nitrogens with zero attached hydrogens (tertiary/aromatic N) is 2. The molecule has 144 valence electrons. The Balaban J connectivity index is 1.67. The van der Waals surface area contributed by atoms with Crippen molar-refractivity contribution in [1.29, 1.82) is 0 Å². The van der Waals surface area contributed by atoms with E-state index < -0.39 is 0 Å². The van der Waals surface area contributed by atoms with Crippen LogP contribution in [0.4, 0.5) is 10.8 Å². The first-order chi connectivity index (χ1) is 14.0. The van der Waals surface area contributed by atoms with Gasteiger partial charge in [0.2, 0.25) is 5.91 Å². The maximum Gasteiger partial charge on any atom is 0.230 e. The molecule has 2 aromatic carbocycles. The smallest absolute Gasteiger partial charge is 0.230 e. The largest absolute Gasteiger partial charge is 0.497 e. The minimum absolute atomic E-state index is 0.0851. The van der Waals surface area contributed by atoms with E-state index in [9.17, 15) is 14.4 Å². The number of Topliss-reactive ketones (excluding diaryl/α,β-unsaturated/α-hetero) is 2. The van der Waals surface area contributed by atoms with Crippen LogP contribution in [0.3, 0.4) is 0 Å². The molecular formula is C22H16N2O4S. The Kier molecular flexibility index (Phi) is 4.82. The third-order valence-corrected chi connectivity index (χ3v) is 5.39. The number of carbonyl (C=O) groups is 3. The molecule has 0 atom stereocenters. The zero-order chi connectivity index (χ0) is 20.5. The number of hydrogen-bond acceptors (Lipinski definition) is 6. The number of benzene rings is 2. The number of hydrogen-bond donors (Lipinski definition) is 0. The summed E-state index contributed by atoms with van der Waals surface area (Å²) in [5, 5.41) is 2.16. The summed E-state index contributed by atoms with van der Waals surface area (Å²) in [4.78, 5) is 43.3. The van der Waals surface area contributed by atoms with Gasteiger partial charge in [-0.3, -0.25) is 19.3 Å². The van der Waals surface area contributed by atoms with Gasteiger partial charge in [0, 0.05) is 23.4 Å². The summed E-state index contributed by atoms with van der Waals surface area (Å²) in [5.41, 5.74) is 1.99. The summed E-state index contributed by atoms with van der Waals surface area (Å²) in [6.45, 7) is 1.45. The molecule has 0 N–H and O–H groups in total. The van der Waals surface area contributed by atoms with Crippen molar-refractivity contribution in [3.63, 3.8) is 0 Å². The number of aromatic nitrogens is 1. The van der Waals surface area contributed by atoms with Gasteiger partial charge in [0.05, 0.1) is 24.1 Å². The van der Waals surface area contributed by atoms with E-state index in [4.69, 9.17) is 4.74 Å². The predicted octanol–water partition coefficient (Wildman–Crippen LogP) is 4.30. The molecule has 1 aliphatic rings. The van der Waals surface area contributed by atoms with Crippen LogP contribution in [0.15, 0.2) is 59.5 Å². The molecule has 0 unspecified atom stereocenters. The lowest BCUT2D eigenvalue weighted by molar-refractivity contribution is -0.115. The van der Waals surface area contributed by atoms with Crippen molar-refractivity contribution in [3.05, 3.63) is 76.3 Å². The van der Waals surface area contributed by atoms with Gasteiger partial charge in [-0.15, -0.1) is 11.3 Å². The fourth-order valence-corrected chi connectivity index (χ4v) is 4.00. The third-order valence-electron chi connectivity index (χ3n) is 4.54. The first-order valence-electron chi connectivity index (χ1n) is 8.80. The summed E-state index contributed by atoms with van der Waals surface area (Å²) in [7, 11) is 1.57. The van der Waals surface area contributed by atoms with Crippen LogP contribution >= 0.6 is 11.3 Å². The Bertz CT molecular complexity index is 1120. The van der Waals surface area contributed by atoms with E-state index in [2.05, 4.69) is 4.98 Å². The Morgan fingerprint density at radius 3 is 2.21 bits per heavy atom. The number of carbonyl (C=O) groups excluding carboxylic acids is 3. The number of amides is 1. The lowest BCUT2D eigenvalue weighted by Gasteiger charge is -2.18. The van der Waals surface area contributed by atoms with Crippen LogP contribution in [-0.4, -0.2) is 29.6 Å². The second-order valence-corrected chi connectivity index (χ2v) is 7.21. The van der Waals surface area contributed by atoms with Gasteiger partial charge in [0.15, 0.2) is 16.7 Å². The molecule has 3 aromatic rings. The lowest BCUT2D eigenvalue weighted by atomic mass is 10.1. The fraction of sp³-hybridized carbons (Fsp3) is 0.0909. The zero-order valence-corrected chi connectivity index (χ0v) is 16.5. The Labute approximate surface area is 171 Å². The minimum Gasteiger partial charge on any atom is -0.497 e. The predicted molar refractivity (Wildman–Crippen MR) is 111 cm³/mol. The minimum atomic E-state index is -0.307. The van der Waals surface area contributed by atoms with Crippen molar-refractivity contribution in [2.45, 2.75) is 6.92 Å². The Morgan fingerprint density at radius 2 is 1.66 bits per heavy atom.